The van der Waals surface area contributed by atoms with Crippen LogP contribution in [-0.4, -0.2) is 20.9 Å². The summed E-state index contributed by atoms with van der Waals surface area (Å²) in [6, 6.07) is 12.7. The van der Waals surface area contributed by atoms with E-state index in [4.69, 9.17) is 9.26 Å². The normalized spacial score (nSPS) is 11.0. The van der Waals surface area contributed by atoms with E-state index in [1.165, 1.54) is 4.68 Å². The number of aryl methyl sites for hydroxylation is 1. The Hall–Kier alpha value is -3.26. The molecule has 136 valence electrons. The molecule has 0 N–H and O–H groups in total. The van der Waals surface area contributed by atoms with Crippen molar-refractivity contribution >= 4 is 28.1 Å². The summed E-state index contributed by atoms with van der Waals surface area (Å²) >= 11 is 1.54. The highest BCUT2D eigenvalue weighted by Crippen LogP contribution is 2.25. The van der Waals surface area contributed by atoms with Crippen molar-refractivity contribution in [1.82, 2.24) is 14.9 Å². The minimum Gasteiger partial charge on any atom is -0.459 e. The van der Waals surface area contributed by atoms with E-state index in [0.717, 1.165) is 4.88 Å². The molecule has 0 amide bonds. The van der Waals surface area contributed by atoms with Crippen molar-refractivity contribution in [1.29, 1.82) is 0 Å². The van der Waals surface area contributed by atoms with Crippen molar-refractivity contribution in [2.45, 2.75) is 13.0 Å². The molecule has 0 aliphatic rings. The van der Waals surface area contributed by atoms with Gasteiger partial charge in [0.15, 0.2) is 5.76 Å². The predicted octanol–water partition coefficient (Wildman–Crippen LogP) is 2.94. The Bertz CT molecular complexity index is 1160. The van der Waals surface area contributed by atoms with E-state index >= 15 is 0 Å². The molecule has 0 spiro atoms. The van der Waals surface area contributed by atoms with Crippen LogP contribution in [0.1, 0.15) is 11.4 Å². The van der Waals surface area contributed by atoms with Crippen molar-refractivity contribution in [2.24, 2.45) is 7.05 Å². The van der Waals surface area contributed by atoms with Crippen LogP contribution < -0.4 is 5.56 Å². The van der Waals surface area contributed by atoms with Crippen molar-refractivity contribution in [3.05, 3.63) is 69.6 Å². The standard InChI is InChI=1S/C19H15N3O4S/c1-22-19(24)14-6-3-2-5-13(14)15(20-22)10-18(23)25-11-12-9-16(26-21-12)17-7-4-8-27-17/h2-9H,10-11H2,1H3. The van der Waals surface area contributed by atoms with Crippen LogP contribution >= 0.6 is 11.3 Å². The summed E-state index contributed by atoms with van der Waals surface area (Å²) in [6.07, 6.45) is -0.0374. The van der Waals surface area contributed by atoms with Crippen LogP contribution in [0.15, 0.2) is 57.2 Å². The second-order valence-electron chi connectivity index (χ2n) is 5.92. The molecular formula is C19H15N3O4S. The topological polar surface area (TPSA) is 87.2 Å². The van der Waals surface area contributed by atoms with Crippen molar-refractivity contribution in [3.8, 4) is 10.6 Å². The lowest BCUT2D eigenvalue weighted by molar-refractivity contribution is -0.144. The molecule has 3 aromatic heterocycles. The van der Waals surface area contributed by atoms with Gasteiger partial charge in [0.05, 0.1) is 22.4 Å². The maximum absolute atomic E-state index is 12.3. The molecule has 0 fully saturated rings. The average Bonchev–Trinajstić information content (AvgIpc) is 3.36. The number of carbonyl (C=O) groups excluding carboxylic acids is 1. The Morgan fingerprint density at radius 2 is 2.04 bits per heavy atom. The number of aromatic nitrogens is 3. The second kappa shape index (κ2) is 7.16. The minimum atomic E-state index is -0.452. The second-order valence-corrected chi connectivity index (χ2v) is 6.87. The Labute approximate surface area is 157 Å². The summed E-state index contributed by atoms with van der Waals surface area (Å²) in [6.45, 7) is 0.0113. The van der Waals surface area contributed by atoms with Crippen LogP contribution in [0.5, 0.6) is 0 Å². The quantitative estimate of drug-likeness (QED) is 0.494. The molecule has 0 radical (unpaired) electrons. The molecule has 7 nitrogen and oxygen atoms in total. The monoisotopic (exact) mass is 381 g/mol. The number of ether oxygens (including phenoxy) is 1. The fourth-order valence-electron chi connectivity index (χ4n) is 2.76. The number of rotatable bonds is 5. The zero-order valence-corrected chi connectivity index (χ0v) is 15.2. The number of esters is 1. The van der Waals surface area contributed by atoms with Gasteiger partial charge in [-0.25, -0.2) is 4.68 Å². The summed E-state index contributed by atoms with van der Waals surface area (Å²) in [5.41, 5.74) is 0.827. The largest absolute Gasteiger partial charge is 0.459 e. The van der Waals surface area contributed by atoms with E-state index in [0.29, 0.717) is 27.9 Å². The molecule has 4 rings (SSSR count). The van der Waals surface area contributed by atoms with E-state index in [-0.39, 0.29) is 18.6 Å². The lowest BCUT2D eigenvalue weighted by Crippen LogP contribution is -2.22. The van der Waals surface area contributed by atoms with Crippen molar-refractivity contribution < 1.29 is 14.1 Å². The van der Waals surface area contributed by atoms with Crippen LogP contribution in [0, 0.1) is 0 Å². The molecule has 0 saturated heterocycles. The number of hydrogen-bond acceptors (Lipinski definition) is 7. The molecule has 3 heterocycles. The van der Waals surface area contributed by atoms with Gasteiger partial charge in [0.1, 0.15) is 12.3 Å². The number of thiophene rings is 1. The lowest BCUT2D eigenvalue weighted by Gasteiger charge is -2.07. The first kappa shape index (κ1) is 17.2. The lowest BCUT2D eigenvalue weighted by atomic mass is 10.1. The zero-order chi connectivity index (χ0) is 18.8. The van der Waals surface area contributed by atoms with Crippen molar-refractivity contribution in [2.75, 3.05) is 0 Å². The van der Waals surface area contributed by atoms with E-state index < -0.39 is 5.97 Å². The third-order valence-electron chi connectivity index (χ3n) is 4.05. The highest BCUT2D eigenvalue weighted by molar-refractivity contribution is 7.13. The van der Waals surface area contributed by atoms with Gasteiger partial charge in [-0.05, 0) is 17.5 Å². The molecule has 0 aliphatic heterocycles. The van der Waals surface area contributed by atoms with Crippen LogP contribution in [0.2, 0.25) is 0 Å². The van der Waals surface area contributed by atoms with E-state index in [9.17, 15) is 9.59 Å². The Kier molecular flexibility index (Phi) is 4.55. The summed E-state index contributed by atoms with van der Waals surface area (Å²) in [5, 5.41) is 11.2. The first-order valence-electron chi connectivity index (χ1n) is 8.22. The van der Waals surface area contributed by atoms with Gasteiger partial charge < -0.3 is 9.26 Å². The van der Waals surface area contributed by atoms with Gasteiger partial charge in [-0.2, -0.15) is 5.10 Å². The summed E-state index contributed by atoms with van der Waals surface area (Å²) < 4.78 is 11.8. The highest BCUT2D eigenvalue weighted by atomic mass is 32.1. The fraction of sp³-hybridized carbons (Fsp3) is 0.158. The SMILES string of the molecule is Cn1nc(CC(=O)OCc2cc(-c3cccs3)on2)c2ccccc2c1=O. The molecule has 0 atom stereocenters. The number of benzene rings is 1. The Morgan fingerprint density at radius 3 is 2.81 bits per heavy atom. The maximum atomic E-state index is 12.3. The summed E-state index contributed by atoms with van der Waals surface area (Å²) in [4.78, 5) is 25.4. The third-order valence-corrected chi connectivity index (χ3v) is 4.93. The predicted molar refractivity (Wildman–Crippen MR) is 100 cm³/mol. The molecule has 4 aromatic rings. The molecule has 8 heteroatoms. The molecule has 0 unspecified atom stereocenters. The van der Waals surface area contributed by atoms with Gasteiger partial charge in [-0.1, -0.05) is 29.4 Å². The van der Waals surface area contributed by atoms with Crippen LogP contribution in [0.3, 0.4) is 0 Å². The van der Waals surface area contributed by atoms with Crippen molar-refractivity contribution in [3.63, 3.8) is 0 Å². The first-order valence-corrected chi connectivity index (χ1v) is 9.10. The van der Waals surface area contributed by atoms with Gasteiger partial charge in [-0.3, -0.25) is 9.59 Å². The number of nitrogens with zero attached hydrogens (tertiary/aromatic N) is 3. The fourth-order valence-corrected chi connectivity index (χ4v) is 3.44. The third kappa shape index (κ3) is 3.52. The van der Waals surface area contributed by atoms with Crippen LogP contribution in [0.4, 0.5) is 0 Å². The summed E-state index contributed by atoms with van der Waals surface area (Å²) in [5.74, 6) is 0.189. The van der Waals surface area contributed by atoms with Gasteiger partial charge in [0, 0.05) is 18.5 Å². The number of carbonyl (C=O) groups is 1. The van der Waals surface area contributed by atoms with Gasteiger partial charge in [-0.15, -0.1) is 11.3 Å². The molecule has 27 heavy (non-hydrogen) atoms. The molecule has 0 bridgehead atoms. The van der Waals surface area contributed by atoms with E-state index in [1.54, 1.807) is 48.7 Å². The molecule has 1 aromatic carbocycles. The van der Waals surface area contributed by atoms with Gasteiger partial charge in [0.2, 0.25) is 0 Å². The van der Waals surface area contributed by atoms with E-state index in [1.807, 2.05) is 17.5 Å². The van der Waals surface area contributed by atoms with E-state index in [2.05, 4.69) is 10.3 Å². The zero-order valence-electron chi connectivity index (χ0n) is 14.4. The molecule has 0 aliphatic carbocycles. The number of fused-ring (bicyclic) bond motifs is 1. The molecular weight excluding hydrogens is 366 g/mol. The maximum Gasteiger partial charge on any atom is 0.312 e. The minimum absolute atomic E-state index is 0.0113. The molecule has 0 saturated carbocycles. The van der Waals surface area contributed by atoms with Crippen LogP contribution in [0.25, 0.3) is 21.4 Å². The van der Waals surface area contributed by atoms with Crippen LogP contribution in [-0.2, 0) is 29.6 Å². The van der Waals surface area contributed by atoms with Gasteiger partial charge >= 0.3 is 5.97 Å². The number of hydrogen-bond donors (Lipinski definition) is 0. The Morgan fingerprint density at radius 1 is 1.22 bits per heavy atom. The smallest absolute Gasteiger partial charge is 0.312 e. The highest BCUT2D eigenvalue weighted by Gasteiger charge is 2.14. The average molecular weight is 381 g/mol. The van der Waals surface area contributed by atoms with Gasteiger partial charge in [0.25, 0.3) is 5.56 Å². The first-order chi connectivity index (χ1) is 13.1. The Balaban J connectivity index is 1.47. The summed E-state index contributed by atoms with van der Waals surface area (Å²) in [7, 11) is 1.56.